The van der Waals surface area contributed by atoms with Crippen molar-refractivity contribution >= 4 is 23.8 Å². The number of methoxy groups -OCH3 is 1. The van der Waals surface area contributed by atoms with Crippen LogP contribution in [0, 0.1) is 10.6 Å². The summed E-state index contributed by atoms with van der Waals surface area (Å²) in [5, 5.41) is 7.40. The number of hydrogen-bond acceptors (Lipinski definition) is 5. The average Bonchev–Trinajstić information content (AvgIpc) is 3.06. The first-order valence-electron chi connectivity index (χ1n) is 8.66. The van der Waals surface area contributed by atoms with E-state index >= 15 is 0 Å². The third kappa shape index (κ3) is 4.45. The molecule has 0 bridgehead atoms. The second kappa shape index (κ2) is 9.07. The Morgan fingerprint density at radius 2 is 2.04 bits per heavy atom. The number of aromatic amines is 1. The zero-order valence-corrected chi connectivity index (χ0v) is 17.0. The number of benzene rings is 2. The Bertz CT molecular complexity index is 1020. The maximum absolute atomic E-state index is 13.8. The summed E-state index contributed by atoms with van der Waals surface area (Å²) >= 11 is 11.6. The number of nitrogens with one attached hydrogen (secondary N) is 2. The van der Waals surface area contributed by atoms with Crippen molar-refractivity contribution in [1.82, 2.24) is 14.9 Å². The van der Waals surface area contributed by atoms with E-state index in [1.807, 2.05) is 6.92 Å². The second-order valence-corrected chi connectivity index (χ2v) is 6.74. The lowest BCUT2D eigenvalue weighted by Crippen LogP contribution is -2.17. The molecule has 0 atom stereocenters. The average molecular weight is 423 g/mol. The lowest BCUT2D eigenvalue weighted by Gasteiger charge is -2.15. The fourth-order valence-corrected chi connectivity index (χ4v) is 3.09. The molecule has 0 unspecified atom stereocenters. The van der Waals surface area contributed by atoms with Crippen LogP contribution in [0.1, 0.15) is 23.9 Å². The van der Waals surface area contributed by atoms with Gasteiger partial charge in [-0.1, -0.05) is 36.7 Å². The highest BCUT2D eigenvalue weighted by Crippen LogP contribution is 2.34. The molecule has 2 aromatic carbocycles. The normalized spacial score (nSPS) is 10.7. The molecule has 2 N–H and O–H groups in total. The molecule has 6 nitrogen and oxygen atoms in total. The van der Waals surface area contributed by atoms with Crippen molar-refractivity contribution in [3.8, 4) is 11.5 Å². The van der Waals surface area contributed by atoms with Crippen LogP contribution in [0.2, 0.25) is 5.02 Å². The van der Waals surface area contributed by atoms with Crippen LogP contribution in [-0.2, 0) is 19.6 Å². The Morgan fingerprint density at radius 3 is 2.75 bits per heavy atom. The van der Waals surface area contributed by atoms with Crippen LogP contribution in [0.4, 0.5) is 4.39 Å². The van der Waals surface area contributed by atoms with Gasteiger partial charge in [0.25, 0.3) is 0 Å². The van der Waals surface area contributed by atoms with Crippen LogP contribution in [0.25, 0.3) is 0 Å². The molecule has 0 radical (unpaired) electrons. The van der Waals surface area contributed by atoms with Crippen LogP contribution in [0.3, 0.4) is 0 Å². The van der Waals surface area contributed by atoms with Crippen molar-refractivity contribution in [2.75, 3.05) is 12.5 Å². The minimum atomic E-state index is -0.322. The van der Waals surface area contributed by atoms with Gasteiger partial charge in [0.05, 0.1) is 13.7 Å². The van der Waals surface area contributed by atoms with Crippen molar-refractivity contribution in [3.05, 3.63) is 69.0 Å². The second-order valence-electron chi connectivity index (χ2n) is 5.94. The van der Waals surface area contributed by atoms with Crippen LogP contribution in [-0.4, -0.2) is 22.0 Å². The summed E-state index contributed by atoms with van der Waals surface area (Å²) in [6.07, 6.45) is 0.722. The Kier molecular flexibility index (Phi) is 6.53. The largest absolute Gasteiger partial charge is 0.493 e. The summed E-state index contributed by atoms with van der Waals surface area (Å²) in [5.41, 5.74) is 4.44. The van der Waals surface area contributed by atoms with E-state index in [1.54, 1.807) is 35.0 Å². The lowest BCUT2D eigenvalue weighted by molar-refractivity contribution is 0.279. The Hall–Kier alpha value is -2.58. The van der Waals surface area contributed by atoms with E-state index in [2.05, 4.69) is 15.6 Å². The molecule has 1 heterocycles. The van der Waals surface area contributed by atoms with Gasteiger partial charge in [0.2, 0.25) is 4.77 Å². The van der Waals surface area contributed by atoms with Crippen LogP contribution in [0.5, 0.6) is 11.5 Å². The first kappa shape index (κ1) is 20.2. The van der Waals surface area contributed by atoms with Crippen molar-refractivity contribution in [2.24, 2.45) is 0 Å². The van der Waals surface area contributed by atoms with E-state index in [1.165, 1.54) is 13.2 Å². The molecule has 3 aromatic rings. The zero-order chi connectivity index (χ0) is 20.1. The Balaban J connectivity index is 1.76. The molecule has 0 fully saturated rings. The molecule has 0 aliphatic carbocycles. The van der Waals surface area contributed by atoms with Gasteiger partial charge < -0.3 is 14.9 Å². The van der Waals surface area contributed by atoms with E-state index in [0.717, 1.165) is 17.8 Å². The Morgan fingerprint density at radius 1 is 1.25 bits per heavy atom. The van der Waals surface area contributed by atoms with E-state index in [4.69, 9.17) is 33.3 Å². The van der Waals surface area contributed by atoms with E-state index < -0.39 is 0 Å². The number of hydrogen-bond donors (Lipinski definition) is 2. The summed E-state index contributed by atoms with van der Waals surface area (Å²) in [6.45, 7) is 2.46. The maximum Gasteiger partial charge on any atom is 0.214 e. The molecule has 0 amide bonds. The van der Waals surface area contributed by atoms with Crippen molar-refractivity contribution in [1.29, 1.82) is 0 Å². The first-order chi connectivity index (χ1) is 13.5. The summed E-state index contributed by atoms with van der Waals surface area (Å²) in [6, 6.07) is 9.89. The van der Waals surface area contributed by atoms with Gasteiger partial charge in [0.1, 0.15) is 12.4 Å². The van der Waals surface area contributed by atoms with Gasteiger partial charge >= 0.3 is 0 Å². The predicted molar refractivity (Wildman–Crippen MR) is 109 cm³/mol. The number of ether oxygens (including phenoxy) is 2. The van der Waals surface area contributed by atoms with Crippen molar-refractivity contribution in [3.63, 3.8) is 0 Å². The fraction of sp³-hybridized carbons (Fsp3) is 0.263. The highest BCUT2D eigenvalue weighted by molar-refractivity contribution is 7.71. The minimum Gasteiger partial charge on any atom is -0.493 e. The number of H-pyrrole nitrogens is 1. The standard InChI is InChI=1S/C19H20ClFN4O2S/c1-3-18-23-24-19(28)25(18)22-10-13-8-16(26-2)17(9-14(13)20)27-11-12-6-4-5-7-15(12)21/h4-9,22H,3,10-11H2,1-2H3,(H,24,28). The topological polar surface area (TPSA) is 64.1 Å². The number of aryl methyl sites for hydroxylation is 1. The zero-order valence-electron chi connectivity index (χ0n) is 15.5. The number of aromatic nitrogens is 3. The summed E-state index contributed by atoms with van der Waals surface area (Å²) in [4.78, 5) is 0. The third-order valence-electron chi connectivity index (χ3n) is 4.16. The fourth-order valence-electron chi connectivity index (χ4n) is 2.65. The number of nitrogens with zero attached hydrogens (tertiary/aromatic N) is 2. The molecule has 148 valence electrons. The van der Waals surface area contributed by atoms with E-state index in [9.17, 15) is 4.39 Å². The van der Waals surface area contributed by atoms with Crippen molar-refractivity contribution in [2.45, 2.75) is 26.5 Å². The Labute approximate surface area is 172 Å². The SMILES string of the molecule is CCc1n[nH]c(=S)n1NCc1cc(OC)c(OCc2ccccc2F)cc1Cl. The minimum absolute atomic E-state index is 0.0704. The van der Waals surface area contributed by atoms with E-state index in [-0.39, 0.29) is 12.4 Å². The monoisotopic (exact) mass is 422 g/mol. The number of rotatable bonds is 8. The molecule has 0 aliphatic heterocycles. The molecule has 1 aromatic heterocycles. The highest BCUT2D eigenvalue weighted by Gasteiger charge is 2.13. The molecule has 0 saturated heterocycles. The molecule has 3 rings (SSSR count). The molecule has 9 heteroatoms. The van der Waals surface area contributed by atoms with Crippen LogP contribution < -0.4 is 14.9 Å². The summed E-state index contributed by atoms with van der Waals surface area (Å²) in [7, 11) is 1.54. The first-order valence-corrected chi connectivity index (χ1v) is 9.44. The third-order valence-corrected chi connectivity index (χ3v) is 4.79. The van der Waals surface area contributed by atoms with Gasteiger partial charge in [-0.25, -0.2) is 9.07 Å². The predicted octanol–water partition coefficient (Wildman–Crippen LogP) is 4.63. The molecule has 28 heavy (non-hydrogen) atoms. The smallest absolute Gasteiger partial charge is 0.214 e. The van der Waals surface area contributed by atoms with Gasteiger partial charge in [-0.05, 0) is 29.9 Å². The maximum atomic E-state index is 13.8. The van der Waals surface area contributed by atoms with Gasteiger partial charge in [-0.2, -0.15) is 5.10 Å². The highest BCUT2D eigenvalue weighted by atomic mass is 35.5. The van der Waals surface area contributed by atoms with Gasteiger partial charge in [0.15, 0.2) is 17.3 Å². The molecule has 0 aliphatic rings. The molecular weight excluding hydrogens is 403 g/mol. The molecule has 0 saturated carbocycles. The van der Waals surface area contributed by atoms with Crippen LogP contribution >= 0.6 is 23.8 Å². The van der Waals surface area contributed by atoms with E-state index in [0.29, 0.717) is 33.4 Å². The van der Waals surface area contributed by atoms with Gasteiger partial charge in [-0.15, -0.1) is 0 Å². The number of halogens is 2. The summed E-state index contributed by atoms with van der Waals surface area (Å²) in [5.74, 6) is 1.41. The quantitative estimate of drug-likeness (QED) is 0.518. The van der Waals surface area contributed by atoms with Crippen molar-refractivity contribution < 1.29 is 13.9 Å². The lowest BCUT2D eigenvalue weighted by atomic mass is 10.2. The summed E-state index contributed by atoms with van der Waals surface area (Å²) < 4.78 is 27.1. The van der Waals surface area contributed by atoms with Gasteiger partial charge in [-0.3, -0.25) is 5.10 Å². The van der Waals surface area contributed by atoms with Crippen LogP contribution in [0.15, 0.2) is 36.4 Å². The molecule has 0 spiro atoms. The molecular formula is C19H20ClFN4O2S. The van der Waals surface area contributed by atoms with Gasteiger partial charge in [0, 0.05) is 23.1 Å².